The number of allylic oxidation sites excluding steroid dienone is 2. The van der Waals surface area contributed by atoms with Crippen LogP contribution in [0, 0.1) is 76.4 Å². The molecule has 1 heterocycles. The number of rotatable bonds is 7. The van der Waals surface area contributed by atoms with Gasteiger partial charge >= 0.3 is 41.0 Å². The van der Waals surface area contributed by atoms with Gasteiger partial charge in [0, 0.05) is 55.8 Å². The molecule has 0 N–H and O–H groups in total. The van der Waals surface area contributed by atoms with Crippen molar-refractivity contribution in [3.63, 3.8) is 0 Å². The number of ether oxygens (including phenoxy) is 3. The zero-order valence-corrected chi connectivity index (χ0v) is 39.3. The van der Waals surface area contributed by atoms with Gasteiger partial charge in [-0.25, -0.2) is 0 Å². The Balaban J connectivity index is 0.000000285. The Bertz CT molecular complexity index is 1510. The van der Waals surface area contributed by atoms with E-state index in [-0.39, 0.29) is 105 Å². The van der Waals surface area contributed by atoms with Crippen molar-refractivity contribution in [1.29, 1.82) is 0 Å². The Morgan fingerprint density at radius 2 is 1.25 bits per heavy atom. The van der Waals surface area contributed by atoms with E-state index in [1.165, 1.54) is 39.5 Å². The van der Waals surface area contributed by atoms with Crippen LogP contribution < -0.4 is 17.0 Å². The summed E-state index contributed by atoms with van der Waals surface area (Å²) < 4.78 is 16.8. The Morgan fingerprint density at radius 3 is 1.77 bits per heavy atom. The number of Topliss-reactive ketones (excluding diaryl/α,β-unsaturated/α-hetero) is 2. The molecule has 6 aliphatic carbocycles. The third kappa shape index (κ3) is 8.79. The predicted octanol–water partition coefficient (Wildman–Crippen LogP) is 6.44. The minimum atomic E-state index is -0.338. The first kappa shape index (κ1) is 49.1. The number of esters is 3. The summed E-state index contributed by atoms with van der Waals surface area (Å²) in [7, 11) is 0. The molecule has 1 saturated heterocycles. The van der Waals surface area contributed by atoms with E-state index in [0.717, 1.165) is 50.7 Å². The number of fused-ring (bicyclic) bond motifs is 8. The van der Waals surface area contributed by atoms with Crippen molar-refractivity contribution < 1.29 is 55.2 Å². The zero-order valence-electron chi connectivity index (χ0n) is 36.3. The monoisotopic (exact) mass is 854 g/mol. The fourth-order valence-corrected chi connectivity index (χ4v) is 14.4. The van der Waals surface area contributed by atoms with Crippen LogP contribution in [0.3, 0.4) is 0 Å². The standard InChI is InChI=1S/C23H36O4.C22H32O4.CH3.BrH.Mg/c1-14(24)10-12-23(5)20-11-13-22(4)18(15(2)27-16(3)25)7-8-19(22)17(20)6-9-21(23)26;1-13(25-14(2)23)16-6-7-17-15-5-8-19-22(4,12-10-20(24)26-19)18(15)9-11-21(16,17)3;;;/h15,17-20H,6-13H2,1-5H3;8,13,15-18H,5-7,9-12H2,1-4H3;1H3;1H;/q;;-1;;+2/p-1/t15-,17-,18+,19-,20+,22+,23-;13-,15-,16+,17-,18+,21+,22-;;;/m00.../s1. The molecule has 7 aliphatic rings. The van der Waals surface area contributed by atoms with E-state index >= 15 is 0 Å². The minimum Gasteiger partial charge on any atom is -1.00 e. The Hall–Kier alpha value is -1.26. The summed E-state index contributed by atoms with van der Waals surface area (Å²) in [5.41, 5.74) is 0.133. The van der Waals surface area contributed by atoms with Crippen LogP contribution in [-0.2, 0) is 38.2 Å². The molecule has 0 unspecified atom stereocenters. The van der Waals surface area contributed by atoms with Crippen LogP contribution in [0.5, 0.6) is 0 Å². The first-order valence-corrected chi connectivity index (χ1v) is 21.1. The molecule has 0 spiro atoms. The van der Waals surface area contributed by atoms with Gasteiger partial charge in [-0.2, -0.15) is 0 Å². The molecule has 0 aromatic heterocycles. The number of halogens is 1. The predicted molar refractivity (Wildman–Crippen MR) is 214 cm³/mol. The second-order valence-electron chi connectivity index (χ2n) is 19.6. The normalized spacial score (nSPS) is 41.5. The molecule has 0 bridgehead atoms. The van der Waals surface area contributed by atoms with E-state index in [0.29, 0.717) is 78.8 Å². The molecule has 10 heteroatoms. The van der Waals surface area contributed by atoms with Crippen molar-refractivity contribution in [2.45, 2.75) is 171 Å². The third-order valence-electron chi connectivity index (χ3n) is 17.0. The molecular formula is C46H71BrMgO8. The summed E-state index contributed by atoms with van der Waals surface area (Å²) in [6, 6.07) is 0. The molecule has 0 amide bonds. The second kappa shape index (κ2) is 18.6. The van der Waals surface area contributed by atoms with Crippen molar-refractivity contribution >= 4 is 52.5 Å². The molecule has 5 saturated carbocycles. The summed E-state index contributed by atoms with van der Waals surface area (Å²) >= 11 is 0. The Morgan fingerprint density at radius 1 is 0.732 bits per heavy atom. The maximum Gasteiger partial charge on any atom is 2.00 e. The smallest absolute Gasteiger partial charge is 1.00 e. The fraction of sp³-hybridized carbons (Fsp3) is 0.826. The summed E-state index contributed by atoms with van der Waals surface area (Å²) in [5.74, 6) is 5.46. The van der Waals surface area contributed by atoms with Gasteiger partial charge in [0.2, 0.25) is 0 Å². The quantitative estimate of drug-likeness (QED) is 0.125. The van der Waals surface area contributed by atoms with Gasteiger partial charge in [-0.3, -0.25) is 19.2 Å². The average molecular weight is 856 g/mol. The Labute approximate surface area is 364 Å². The SMILES string of the molecule is CC(=O)CC[C@]1(C)C(=O)CC[C@@H]2[C@H]1CC[C@]1(C)[C@@H]([C@H](C)OC(C)=O)CC[C@@H]21.CC(=O)O[C@@H](C)[C@H]1CC[C@H]2[C@@H]3CC=C4OC(=O)CC[C@@]4(C)[C@@H]3CC[C@]12C.[Br-].[CH3-].[Mg+2]. The van der Waals surface area contributed by atoms with E-state index < -0.39 is 0 Å². The topological polar surface area (TPSA) is 113 Å². The second-order valence-corrected chi connectivity index (χ2v) is 19.6. The van der Waals surface area contributed by atoms with E-state index in [1.807, 2.05) is 6.92 Å². The van der Waals surface area contributed by atoms with E-state index in [2.05, 4.69) is 40.7 Å². The van der Waals surface area contributed by atoms with Gasteiger partial charge in [-0.15, -0.1) is 0 Å². The van der Waals surface area contributed by atoms with Gasteiger partial charge in [0.25, 0.3) is 0 Å². The summed E-state index contributed by atoms with van der Waals surface area (Å²) in [4.78, 5) is 59.1. The Kier molecular flexibility index (Phi) is 16.3. The molecular weight excluding hydrogens is 785 g/mol. The number of carbonyl (C=O) groups excluding carboxylic acids is 5. The average Bonchev–Trinajstić information content (AvgIpc) is 3.62. The van der Waals surface area contributed by atoms with Crippen LogP contribution in [0.15, 0.2) is 11.8 Å². The molecule has 0 aromatic carbocycles. The van der Waals surface area contributed by atoms with Gasteiger partial charge in [-0.1, -0.05) is 27.7 Å². The van der Waals surface area contributed by atoms with Crippen LogP contribution in [0.4, 0.5) is 0 Å². The molecule has 56 heavy (non-hydrogen) atoms. The maximum absolute atomic E-state index is 12.9. The van der Waals surface area contributed by atoms with Crippen LogP contribution in [0.1, 0.15) is 159 Å². The van der Waals surface area contributed by atoms with Crippen molar-refractivity contribution in [2.75, 3.05) is 0 Å². The van der Waals surface area contributed by atoms with Crippen LogP contribution in [0.2, 0.25) is 0 Å². The van der Waals surface area contributed by atoms with E-state index in [4.69, 9.17) is 14.2 Å². The number of ketones is 2. The summed E-state index contributed by atoms with van der Waals surface area (Å²) in [5, 5.41) is 0. The third-order valence-corrected chi connectivity index (χ3v) is 17.0. The van der Waals surface area contributed by atoms with E-state index in [1.54, 1.807) is 6.92 Å². The van der Waals surface area contributed by atoms with Crippen LogP contribution in [-0.4, -0.2) is 64.7 Å². The molecule has 14 atom stereocenters. The van der Waals surface area contributed by atoms with Crippen molar-refractivity contribution in [1.82, 2.24) is 0 Å². The van der Waals surface area contributed by atoms with Crippen molar-refractivity contribution in [3.05, 3.63) is 19.3 Å². The molecule has 1 aliphatic heterocycles. The van der Waals surface area contributed by atoms with Crippen molar-refractivity contribution in [2.24, 2.45) is 69.0 Å². The molecule has 0 radical (unpaired) electrons. The zero-order chi connectivity index (χ0) is 38.7. The van der Waals surface area contributed by atoms with Crippen LogP contribution >= 0.6 is 0 Å². The first-order valence-electron chi connectivity index (χ1n) is 21.1. The minimum absolute atomic E-state index is 0. The first-order chi connectivity index (χ1) is 24.8. The number of hydrogen-bond donors (Lipinski definition) is 0. The number of hydrogen-bond acceptors (Lipinski definition) is 8. The fourth-order valence-electron chi connectivity index (χ4n) is 14.4. The molecule has 7 rings (SSSR count). The van der Waals surface area contributed by atoms with Gasteiger partial charge in [0.1, 0.15) is 29.5 Å². The van der Waals surface area contributed by atoms with Gasteiger partial charge < -0.3 is 43.4 Å². The number of carbonyl (C=O) groups is 5. The molecule has 6 fully saturated rings. The summed E-state index contributed by atoms with van der Waals surface area (Å²) in [6.45, 7) is 18.0. The molecule has 0 aromatic rings. The van der Waals surface area contributed by atoms with Gasteiger partial charge in [0.05, 0.1) is 0 Å². The summed E-state index contributed by atoms with van der Waals surface area (Å²) in [6.07, 6.45) is 16.7. The van der Waals surface area contributed by atoms with Gasteiger partial charge in [0.15, 0.2) is 0 Å². The van der Waals surface area contributed by atoms with Crippen LogP contribution in [0.25, 0.3) is 0 Å². The van der Waals surface area contributed by atoms with Gasteiger partial charge in [-0.05, 0) is 150 Å². The molecule has 312 valence electrons. The van der Waals surface area contributed by atoms with E-state index in [9.17, 15) is 24.0 Å². The maximum atomic E-state index is 12.9. The van der Waals surface area contributed by atoms with Crippen molar-refractivity contribution in [3.8, 4) is 0 Å². The molecule has 8 nitrogen and oxygen atoms in total. The largest absolute Gasteiger partial charge is 2.00 e.